The number of piperidine rings is 1. The van der Waals surface area contributed by atoms with Crippen LogP contribution < -0.4 is 10.1 Å². The predicted molar refractivity (Wildman–Crippen MR) is 140 cm³/mol. The summed E-state index contributed by atoms with van der Waals surface area (Å²) in [5.41, 5.74) is 3.85. The number of aromatic hydroxyl groups is 1. The summed E-state index contributed by atoms with van der Waals surface area (Å²) in [5.74, 6) is -0.535. The van der Waals surface area contributed by atoms with Crippen molar-refractivity contribution >= 4 is 17.7 Å². The van der Waals surface area contributed by atoms with Crippen molar-refractivity contribution in [3.63, 3.8) is 0 Å². The molecule has 1 fully saturated rings. The molecule has 1 aliphatic carbocycles. The van der Waals surface area contributed by atoms with E-state index in [1.165, 1.54) is 0 Å². The number of Topliss-reactive ketones (excluding diaryl/α,β-unsaturated/α-hetero) is 1. The maximum absolute atomic E-state index is 13.8. The van der Waals surface area contributed by atoms with Crippen molar-refractivity contribution in [3.8, 4) is 11.5 Å². The molecule has 0 radical (unpaired) electrons. The third kappa shape index (κ3) is 4.78. The van der Waals surface area contributed by atoms with Gasteiger partial charge >= 0.3 is 5.97 Å². The zero-order chi connectivity index (χ0) is 27.0. The van der Waals surface area contributed by atoms with Gasteiger partial charge in [0.2, 0.25) is 5.91 Å². The molecule has 2 aromatic rings. The summed E-state index contributed by atoms with van der Waals surface area (Å²) in [5, 5.41) is 13.6. The van der Waals surface area contributed by atoms with Crippen molar-refractivity contribution in [1.82, 2.24) is 10.2 Å². The van der Waals surface area contributed by atoms with E-state index in [2.05, 4.69) is 5.32 Å². The number of likely N-dealkylation sites (N-methyl/N-ethyl adjacent to an activating group) is 1. The fourth-order valence-electron chi connectivity index (χ4n) is 5.86. The summed E-state index contributed by atoms with van der Waals surface area (Å²) in [6.45, 7) is 2.14. The minimum Gasteiger partial charge on any atom is -0.508 e. The van der Waals surface area contributed by atoms with Crippen molar-refractivity contribution in [2.24, 2.45) is 0 Å². The van der Waals surface area contributed by atoms with Gasteiger partial charge in [-0.25, -0.2) is 4.79 Å². The zero-order valence-electron chi connectivity index (χ0n) is 21.8. The van der Waals surface area contributed by atoms with Crippen LogP contribution in [0.4, 0.5) is 0 Å². The number of allylic oxidation sites excluding steroid dienone is 3. The van der Waals surface area contributed by atoms with Gasteiger partial charge in [0.05, 0.1) is 19.2 Å². The number of phenols is 1. The van der Waals surface area contributed by atoms with Crippen LogP contribution in [0.2, 0.25) is 0 Å². The molecule has 0 aromatic heterocycles. The summed E-state index contributed by atoms with van der Waals surface area (Å²) in [7, 11) is 3.32. The molecule has 0 bridgehead atoms. The molecule has 198 valence electrons. The Morgan fingerprint density at radius 3 is 2.63 bits per heavy atom. The summed E-state index contributed by atoms with van der Waals surface area (Å²) in [6.07, 6.45) is 1.19. The molecule has 38 heavy (non-hydrogen) atoms. The third-order valence-corrected chi connectivity index (χ3v) is 7.69. The number of dihydropyridines is 1. The number of para-hydroxylation sites is 1. The van der Waals surface area contributed by atoms with Gasteiger partial charge in [0.15, 0.2) is 5.78 Å². The average Bonchev–Trinajstić information content (AvgIpc) is 2.89. The lowest BCUT2D eigenvalue weighted by Gasteiger charge is -2.37. The van der Waals surface area contributed by atoms with Gasteiger partial charge in [0.1, 0.15) is 17.6 Å². The van der Waals surface area contributed by atoms with Crippen molar-refractivity contribution in [2.75, 3.05) is 20.7 Å². The Kier molecular flexibility index (Phi) is 6.97. The Hall–Kier alpha value is -4.07. The topological polar surface area (TPSA) is 105 Å². The Balaban J connectivity index is 1.52. The number of nitrogens with zero attached hydrogens (tertiary/aromatic N) is 1. The van der Waals surface area contributed by atoms with E-state index in [1.54, 1.807) is 37.3 Å². The van der Waals surface area contributed by atoms with E-state index in [-0.39, 0.29) is 29.8 Å². The van der Waals surface area contributed by atoms with Crippen LogP contribution in [-0.2, 0) is 19.1 Å². The molecule has 1 saturated heterocycles. The number of hydrogen-bond acceptors (Lipinski definition) is 7. The molecule has 1 amide bonds. The zero-order valence-corrected chi connectivity index (χ0v) is 21.8. The van der Waals surface area contributed by atoms with E-state index >= 15 is 0 Å². The molecule has 2 heterocycles. The highest BCUT2D eigenvalue weighted by Crippen LogP contribution is 2.47. The third-order valence-electron chi connectivity index (χ3n) is 7.69. The largest absolute Gasteiger partial charge is 0.508 e. The Labute approximate surface area is 221 Å². The standard InChI is InChI=1S/C30H32N2O6/c1-17-27(30(36)38-21-11-12-26(35)32(2)16-21)28(18-7-6-8-20(33)13-18)29-23(31-17)14-19(15-24(29)34)22-9-4-5-10-25(22)37-3/h4-10,13,19,21,28,31,33H,11-12,14-16H2,1-3H3/t19-,21-,28-/m1/s1. The molecule has 8 nitrogen and oxygen atoms in total. The number of esters is 1. The average molecular weight is 517 g/mol. The summed E-state index contributed by atoms with van der Waals surface area (Å²) < 4.78 is 11.5. The molecule has 0 unspecified atom stereocenters. The monoisotopic (exact) mass is 516 g/mol. The molecular formula is C30H32N2O6. The molecule has 3 atom stereocenters. The first-order chi connectivity index (χ1) is 18.3. The second-order valence-electron chi connectivity index (χ2n) is 10.2. The number of nitrogens with one attached hydrogen (secondary N) is 1. The maximum atomic E-state index is 13.8. The van der Waals surface area contributed by atoms with E-state index < -0.39 is 18.0 Å². The smallest absolute Gasteiger partial charge is 0.337 e. The lowest BCUT2D eigenvalue weighted by Crippen LogP contribution is -2.43. The summed E-state index contributed by atoms with van der Waals surface area (Å²) in [4.78, 5) is 40.9. The highest BCUT2D eigenvalue weighted by molar-refractivity contribution is 6.04. The van der Waals surface area contributed by atoms with E-state index in [9.17, 15) is 19.5 Å². The van der Waals surface area contributed by atoms with E-state index in [4.69, 9.17) is 9.47 Å². The number of benzene rings is 2. The van der Waals surface area contributed by atoms with Gasteiger partial charge in [-0.3, -0.25) is 9.59 Å². The van der Waals surface area contributed by atoms with Crippen LogP contribution in [-0.4, -0.2) is 54.5 Å². The number of carbonyl (C=O) groups is 3. The molecule has 8 heteroatoms. The van der Waals surface area contributed by atoms with Crippen LogP contribution in [0.3, 0.4) is 0 Å². The van der Waals surface area contributed by atoms with Gasteiger partial charge in [-0.1, -0.05) is 30.3 Å². The van der Waals surface area contributed by atoms with E-state index in [0.29, 0.717) is 48.2 Å². The highest BCUT2D eigenvalue weighted by atomic mass is 16.5. The first-order valence-corrected chi connectivity index (χ1v) is 12.9. The van der Waals surface area contributed by atoms with Crippen molar-refractivity contribution in [2.45, 2.75) is 50.5 Å². The minimum absolute atomic E-state index is 0.0249. The van der Waals surface area contributed by atoms with Crippen LogP contribution in [0.1, 0.15) is 55.6 Å². The second kappa shape index (κ2) is 10.4. The Morgan fingerprint density at radius 1 is 1.11 bits per heavy atom. The van der Waals surface area contributed by atoms with Crippen LogP contribution in [0, 0.1) is 0 Å². The molecule has 3 aliphatic rings. The van der Waals surface area contributed by atoms with E-state index in [0.717, 1.165) is 17.0 Å². The summed E-state index contributed by atoms with van der Waals surface area (Å²) in [6, 6.07) is 14.4. The second-order valence-corrected chi connectivity index (χ2v) is 10.2. The highest BCUT2D eigenvalue weighted by Gasteiger charge is 2.42. The maximum Gasteiger partial charge on any atom is 0.337 e. The molecular weight excluding hydrogens is 484 g/mol. The lowest BCUT2D eigenvalue weighted by molar-refractivity contribution is -0.152. The number of rotatable bonds is 5. The minimum atomic E-state index is -0.681. The fraction of sp³-hybridized carbons (Fsp3) is 0.367. The van der Waals surface area contributed by atoms with Crippen molar-refractivity contribution < 1.29 is 29.0 Å². The molecule has 2 aromatic carbocycles. The van der Waals surface area contributed by atoms with Crippen LogP contribution >= 0.6 is 0 Å². The molecule has 0 saturated carbocycles. The van der Waals surface area contributed by atoms with Crippen LogP contribution in [0.5, 0.6) is 11.5 Å². The lowest BCUT2D eigenvalue weighted by atomic mass is 9.71. The van der Waals surface area contributed by atoms with Crippen molar-refractivity contribution in [1.29, 1.82) is 0 Å². The number of phenolic OH excluding ortho intramolecular Hbond substituents is 1. The SMILES string of the molecule is COc1ccccc1[C@H]1CC(=O)C2=C(C1)NC(C)=C(C(=O)O[C@@H]1CCC(=O)N(C)C1)[C@H]2c1cccc(O)c1. The van der Waals surface area contributed by atoms with Crippen LogP contribution in [0.15, 0.2) is 71.1 Å². The Morgan fingerprint density at radius 2 is 1.89 bits per heavy atom. The van der Waals surface area contributed by atoms with Gasteiger partial charge in [0.25, 0.3) is 0 Å². The van der Waals surface area contributed by atoms with Gasteiger partial charge < -0.3 is 24.8 Å². The number of methoxy groups -OCH3 is 1. The summed E-state index contributed by atoms with van der Waals surface area (Å²) >= 11 is 0. The van der Waals surface area contributed by atoms with E-state index in [1.807, 2.05) is 37.3 Å². The van der Waals surface area contributed by atoms with Crippen LogP contribution in [0.25, 0.3) is 0 Å². The first-order valence-electron chi connectivity index (χ1n) is 12.9. The normalized spacial score (nSPS) is 23.7. The number of likely N-dealkylation sites (tertiary alicyclic amines) is 1. The van der Waals surface area contributed by atoms with Crippen molar-refractivity contribution in [3.05, 3.63) is 82.2 Å². The van der Waals surface area contributed by atoms with Gasteiger partial charge in [-0.2, -0.15) is 0 Å². The molecule has 5 rings (SSSR count). The number of amides is 1. The number of ketones is 1. The Bertz CT molecular complexity index is 1360. The molecule has 2 N–H and O–H groups in total. The number of carbonyl (C=O) groups excluding carboxylic acids is 3. The number of ether oxygens (including phenoxy) is 2. The fourth-order valence-corrected chi connectivity index (χ4v) is 5.86. The van der Waals surface area contributed by atoms with Gasteiger partial charge in [-0.05, 0) is 49.1 Å². The van der Waals surface area contributed by atoms with Gasteiger partial charge in [0, 0.05) is 48.7 Å². The van der Waals surface area contributed by atoms with Gasteiger partial charge in [-0.15, -0.1) is 0 Å². The quantitative estimate of drug-likeness (QED) is 0.580. The first kappa shape index (κ1) is 25.6. The molecule has 2 aliphatic heterocycles. The number of hydrogen-bond donors (Lipinski definition) is 2. The predicted octanol–water partition coefficient (Wildman–Crippen LogP) is 3.93. The molecule has 0 spiro atoms.